The van der Waals surface area contributed by atoms with Crippen LogP contribution in [0.4, 0.5) is 5.69 Å². The van der Waals surface area contributed by atoms with Gasteiger partial charge in [-0.25, -0.2) is 0 Å². The lowest BCUT2D eigenvalue weighted by molar-refractivity contribution is -0.116. The van der Waals surface area contributed by atoms with E-state index in [0.29, 0.717) is 6.42 Å². The van der Waals surface area contributed by atoms with E-state index in [9.17, 15) is 14.7 Å². The fraction of sp³-hybridized carbons (Fsp3) is 0.333. The first-order valence-electron chi connectivity index (χ1n) is 5.04. The molecule has 1 rings (SSSR count). The van der Waals surface area contributed by atoms with Crippen molar-refractivity contribution in [2.24, 2.45) is 5.92 Å². The Morgan fingerprint density at radius 1 is 1.50 bits per heavy atom. The summed E-state index contributed by atoms with van der Waals surface area (Å²) in [5, 5.41) is 12.1. The van der Waals surface area contributed by atoms with E-state index in [4.69, 9.17) is 0 Å². The first-order chi connectivity index (χ1) is 7.54. The van der Waals surface area contributed by atoms with Gasteiger partial charge in [0.2, 0.25) is 12.2 Å². The number of carbonyl (C=O) groups is 1. The molecule has 16 heavy (non-hydrogen) atoms. The van der Waals surface area contributed by atoms with Crippen molar-refractivity contribution in [2.75, 3.05) is 5.32 Å². The minimum absolute atomic E-state index is 0.0438. The number of aromatic hydroxyl groups is 1. The first-order valence-corrected chi connectivity index (χ1v) is 5.04. The van der Waals surface area contributed by atoms with Crippen LogP contribution in [0.15, 0.2) is 18.2 Å². The fourth-order valence-electron chi connectivity index (χ4n) is 1.30. The van der Waals surface area contributed by atoms with Crippen molar-refractivity contribution in [3.8, 4) is 5.75 Å². The third kappa shape index (κ3) is 3.08. The van der Waals surface area contributed by atoms with Gasteiger partial charge in [0.15, 0.2) is 0 Å². The summed E-state index contributed by atoms with van der Waals surface area (Å²) < 4.78 is 0. The Bertz CT molecular complexity index is 399. The van der Waals surface area contributed by atoms with Crippen LogP contribution >= 0.6 is 0 Å². The third-order valence-corrected chi connectivity index (χ3v) is 2.01. The van der Waals surface area contributed by atoms with Gasteiger partial charge < -0.3 is 10.4 Å². The quantitative estimate of drug-likeness (QED) is 0.761. The van der Waals surface area contributed by atoms with Crippen LogP contribution in [-0.4, -0.2) is 17.3 Å². The summed E-state index contributed by atoms with van der Waals surface area (Å²) in [7, 11) is 0. The number of benzene rings is 1. The highest BCUT2D eigenvalue weighted by atomic mass is 16.3. The molecule has 4 heteroatoms. The summed E-state index contributed by atoms with van der Waals surface area (Å²) >= 11 is 0. The van der Waals surface area contributed by atoms with Crippen LogP contribution in [-0.2, 0) is 9.59 Å². The zero-order valence-electron chi connectivity index (χ0n) is 9.28. The highest BCUT2D eigenvalue weighted by molar-refractivity contribution is 5.94. The van der Waals surface area contributed by atoms with Crippen LogP contribution in [0.3, 0.4) is 0 Å². The van der Waals surface area contributed by atoms with Gasteiger partial charge in [-0.3, -0.25) is 9.59 Å². The minimum Gasteiger partial charge on any atom is -0.505 e. The molecule has 0 heterocycles. The van der Waals surface area contributed by atoms with Gasteiger partial charge >= 0.3 is 0 Å². The zero-order valence-corrected chi connectivity index (χ0v) is 9.28. The molecule has 0 saturated carbocycles. The average molecular weight is 220 g/mol. The fourth-order valence-corrected chi connectivity index (χ4v) is 1.30. The summed E-state index contributed by atoms with van der Waals surface area (Å²) in [5.41, 5.74) is 0.286. The predicted octanol–water partition coefficient (Wildman–Crippen LogP) is 1.83. The number of para-hydroxylation sites is 1. The van der Waals surface area contributed by atoms with E-state index in [2.05, 4.69) is 5.32 Å². The molecule has 0 aliphatic carbocycles. The smallest absolute Gasteiger partial charge is 0.237 e. The van der Waals surface area contributed by atoms with Crippen molar-refractivity contribution >= 4 is 17.9 Å². The molecule has 0 saturated heterocycles. The standard InChI is InChI=1S/C12H14NO3/c1-8(2)6-11(15)13-10-5-3-4-9(7-14)12(10)16/h3-5,8,16H,6H2,1-2H3,(H,13,15). The number of rotatable bonds is 4. The Labute approximate surface area is 94.3 Å². The molecule has 85 valence electrons. The Balaban J connectivity index is 2.81. The summed E-state index contributed by atoms with van der Waals surface area (Å²) in [5.74, 6) is -0.189. The van der Waals surface area contributed by atoms with Crippen molar-refractivity contribution in [3.05, 3.63) is 23.8 Å². The van der Waals surface area contributed by atoms with E-state index >= 15 is 0 Å². The molecule has 4 nitrogen and oxygen atoms in total. The van der Waals surface area contributed by atoms with Gasteiger partial charge in [-0.1, -0.05) is 19.9 Å². The second kappa shape index (κ2) is 5.30. The molecular weight excluding hydrogens is 206 g/mol. The highest BCUT2D eigenvalue weighted by Gasteiger charge is 2.10. The highest BCUT2D eigenvalue weighted by Crippen LogP contribution is 2.26. The van der Waals surface area contributed by atoms with Crippen LogP contribution in [0.1, 0.15) is 25.8 Å². The molecule has 2 N–H and O–H groups in total. The van der Waals surface area contributed by atoms with Crippen molar-refractivity contribution < 1.29 is 14.7 Å². The maximum absolute atomic E-state index is 11.5. The molecule has 0 bridgehead atoms. The van der Waals surface area contributed by atoms with Gasteiger partial charge in [0.05, 0.1) is 11.3 Å². The van der Waals surface area contributed by atoms with Crippen LogP contribution in [0.2, 0.25) is 0 Å². The van der Waals surface area contributed by atoms with E-state index in [1.165, 1.54) is 12.1 Å². The number of phenols is 1. The van der Waals surface area contributed by atoms with Gasteiger partial charge in [-0.2, -0.15) is 0 Å². The summed E-state index contributed by atoms with van der Waals surface area (Å²) in [4.78, 5) is 21.9. The number of hydrogen-bond acceptors (Lipinski definition) is 3. The SMILES string of the molecule is CC(C)CC(=O)Nc1cccc([C]=O)c1O. The second-order valence-corrected chi connectivity index (χ2v) is 3.95. The second-order valence-electron chi connectivity index (χ2n) is 3.95. The van der Waals surface area contributed by atoms with Crippen molar-refractivity contribution in [2.45, 2.75) is 20.3 Å². The molecule has 0 spiro atoms. The molecule has 0 aromatic heterocycles. The van der Waals surface area contributed by atoms with Crippen LogP contribution in [0.25, 0.3) is 0 Å². The van der Waals surface area contributed by atoms with Crippen molar-refractivity contribution in [3.63, 3.8) is 0 Å². The van der Waals surface area contributed by atoms with E-state index in [-0.39, 0.29) is 28.8 Å². The predicted molar refractivity (Wildman–Crippen MR) is 61.0 cm³/mol. The Kier molecular flexibility index (Phi) is 4.05. The summed E-state index contributed by atoms with van der Waals surface area (Å²) in [6, 6.07) is 4.54. The topological polar surface area (TPSA) is 66.4 Å². The molecule has 1 aromatic carbocycles. The molecule has 0 aliphatic rings. The molecule has 1 radical (unpaired) electrons. The number of carbonyl (C=O) groups excluding carboxylic acids is 2. The van der Waals surface area contributed by atoms with Gasteiger partial charge in [0.25, 0.3) is 0 Å². The van der Waals surface area contributed by atoms with Gasteiger partial charge in [-0.05, 0) is 18.1 Å². The lowest BCUT2D eigenvalue weighted by Crippen LogP contribution is -2.14. The maximum atomic E-state index is 11.5. The minimum atomic E-state index is -0.241. The molecule has 0 unspecified atom stereocenters. The Morgan fingerprint density at radius 3 is 2.75 bits per heavy atom. The Morgan fingerprint density at radius 2 is 2.19 bits per heavy atom. The number of hydrogen-bond donors (Lipinski definition) is 2. The molecule has 0 fully saturated rings. The molecule has 1 aromatic rings. The van der Waals surface area contributed by atoms with E-state index < -0.39 is 0 Å². The van der Waals surface area contributed by atoms with E-state index in [1.807, 2.05) is 13.8 Å². The number of nitrogens with one attached hydrogen (secondary N) is 1. The maximum Gasteiger partial charge on any atom is 0.237 e. The lowest BCUT2D eigenvalue weighted by atomic mass is 10.1. The number of amides is 1. The summed E-state index contributed by atoms with van der Waals surface area (Å²) in [6.45, 7) is 3.85. The van der Waals surface area contributed by atoms with Gasteiger partial charge in [0, 0.05) is 6.42 Å². The lowest BCUT2D eigenvalue weighted by Gasteiger charge is -2.09. The van der Waals surface area contributed by atoms with Gasteiger partial charge in [-0.15, -0.1) is 0 Å². The van der Waals surface area contributed by atoms with E-state index in [0.717, 1.165) is 0 Å². The average Bonchev–Trinajstić information content (AvgIpc) is 2.20. The van der Waals surface area contributed by atoms with Crippen molar-refractivity contribution in [1.29, 1.82) is 0 Å². The first kappa shape index (κ1) is 12.2. The molecule has 0 atom stereocenters. The zero-order chi connectivity index (χ0) is 12.1. The summed E-state index contributed by atoms with van der Waals surface area (Å²) in [6.07, 6.45) is 1.97. The van der Waals surface area contributed by atoms with Crippen LogP contribution in [0.5, 0.6) is 5.75 Å². The Hall–Kier alpha value is -1.84. The normalized spacial score (nSPS) is 10.2. The molecular formula is C12H14NO3. The number of anilines is 1. The largest absolute Gasteiger partial charge is 0.505 e. The number of phenolic OH excluding ortho intramolecular Hbond substituents is 1. The van der Waals surface area contributed by atoms with Crippen LogP contribution in [0, 0.1) is 5.92 Å². The third-order valence-electron chi connectivity index (χ3n) is 2.01. The van der Waals surface area contributed by atoms with Gasteiger partial charge in [0.1, 0.15) is 5.75 Å². The van der Waals surface area contributed by atoms with Crippen molar-refractivity contribution in [1.82, 2.24) is 0 Å². The molecule has 1 amide bonds. The van der Waals surface area contributed by atoms with E-state index in [1.54, 1.807) is 12.4 Å². The monoisotopic (exact) mass is 220 g/mol. The molecule has 0 aliphatic heterocycles. The van der Waals surface area contributed by atoms with Crippen LogP contribution < -0.4 is 5.32 Å².